The number of benzene rings is 1. The summed E-state index contributed by atoms with van der Waals surface area (Å²) in [4.78, 5) is -0.161. The van der Waals surface area contributed by atoms with Gasteiger partial charge in [-0.05, 0) is 47.9 Å². The van der Waals surface area contributed by atoms with Crippen molar-refractivity contribution in [2.45, 2.75) is 25.3 Å². The van der Waals surface area contributed by atoms with E-state index in [9.17, 15) is 12.8 Å². The van der Waals surface area contributed by atoms with E-state index in [1.54, 1.807) is 0 Å². The van der Waals surface area contributed by atoms with Gasteiger partial charge in [-0.15, -0.1) is 0 Å². The largest absolute Gasteiger partial charge is 0.398 e. The molecule has 1 aromatic carbocycles. The Balaban J connectivity index is 2.25. The molecule has 0 radical (unpaired) electrons. The van der Waals surface area contributed by atoms with Crippen LogP contribution in [0.3, 0.4) is 0 Å². The fourth-order valence-corrected chi connectivity index (χ4v) is 3.56. The van der Waals surface area contributed by atoms with E-state index in [1.807, 2.05) is 17.7 Å². The molecule has 0 fully saturated rings. The van der Waals surface area contributed by atoms with Gasteiger partial charge in [-0.25, -0.2) is 17.5 Å². The average molecular weight is 314 g/mol. The van der Waals surface area contributed by atoms with E-state index in [2.05, 4.69) is 4.72 Å². The lowest BCUT2D eigenvalue weighted by atomic mass is 10.2. The maximum atomic E-state index is 13.6. The summed E-state index contributed by atoms with van der Waals surface area (Å²) < 4.78 is 40.3. The molecule has 2 rings (SSSR count). The Morgan fingerprint density at radius 1 is 1.30 bits per heavy atom. The summed E-state index contributed by atoms with van der Waals surface area (Å²) in [5, 5.41) is 3.81. The predicted octanol–water partition coefficient (Wildman–Crippen LogP) is 2.56. The Morgan fingerprint density at radius 3 is 2.55 bits per heavy atom. The molecule has 0 bridgehead atoms. The lowest BCUT2D eigenvalue weighted by Crippen LogP contribution is -2.23. The Labute approximate surface area is 121 Å². The highest BCUT2D eigenvalue weighted by Gasteiger charge is 2.17. The number of halogens is 1. The first-order chi connectivity index (χ1) is 9.31. The summed E-state index contributed by atoms with van der Waals surface area (Å²) in [6.07, 6.45) is 0. The number of sulfonamides is 1. The molecule has 0 amide bonds. The third kappa shape index (κ3) is 3.00. The number of nitrogens with one attached hydrogen (secondary N) is 1. The quantitative estimate of drug-likeness (QED) is 0.852. The maximum absolute atomic E-state index is 13.6. The summed E-state index contributed by atoms with van der Waals surface area (Å²) >= 11 is 1.50. The van der Waals surface area contributed by atoms with Gasteiger partial charge in [-0.3, -0.25) is 0 Å². The smallest absolute Gasteiger partial charge is 0.241 e. The van der Waals surface area contributed by atoms with Gasteiger partial charge in [0.25, 0.3) is 0 Å². The van der Waals surface area contributed by atoms with Gasteiger partial charge in [0, 0.05) is 17.8 Å². The molecule has 0 unspecified atom stereocenters. The molecule has 0 spiro atoms. The summed E-state index contributed by atoms with van der Waals surface area (Å²) in [6, 6.07) is 2.25. The van der Waals surface area contributed by atoms with Crippen molar-refractivity contribution in [1.82, 2.24) is 4.72 Å². The standard InChI is InChI=1S/C13H15FN2O2S2/c1-8-6-19-7-10(8)5-16-20(17,18)11-3-12(14)9(2)13(15)4-11/h3-4,6-7,16H,5,15H2,1-2H3. The topological polar surface area (TPSA) is 72.2 Å². The van der Waals surface area contributed by atoms with Crippen LogP contribution in [-0.4, -0.2) is 8.42 Å². The van der Waals surface area contributed by atoms with E-state index in [0.717, 1.165) is 17.2 Å². The molecule has 108 valence electrons. The molecule has 0 aliphatic carbocycles. The predicted molar refractivity (Wildman–Crippen MR) is 78.6 cm³/mol. The van der Waals surface area contributed by atoms with Crippen molar-refractivity contribution in [3.63, 3.8) is 0 Å². The fraction of sp³-hybridized carbons (Fsp3) is 0.231. The number of nitrogen functional groups attached to an aromatic ring is 1. The first kappa shape index (κ1) is 15.0. The van der Waals surface area contributed by atoms with Gasteiger partial charge < -0.3 is 5.73 Å². The molecular formula is C13H15FN2O2S2. The van der Waals surface area contributed by atoms with Crippen molar-refractivity contribution in [1.29, 1.82) is 0 Å². The Hall–Kier alpha value is -1.44. The first-order valence-electron chi connectivity index (χ1n) is 5.88. The zero-order valence-corrected chi connectivity index (χ0v) is 12.7. The van der Waals surface area contributed by atoms with Crippen molar-refractivity contribution in [2.24, 2.45) is 0 Å². The zero-order valence-electron chi connectivity index (χ0n) is 11.1. The Bertz CT molecular complexity index is 716. The summed E-state index contributed by atoms with van der Waals surface area (Å²) in [7, 11) is -3.78. The van der Waals surface area contributed by atoms with Crippen LogP contribution in [0.5, 0.6) is 0 Å². The van der Waals surface area contributed by atoms with Crippen LogP contribution in [0.1, 0.15) is 16.7 Å². The minimum atomic E-state index is -3.78. The van der Waals surface area contributed by atoms with E-state index in [0.29, 0.717) is 0 Å². The molecular weight excluding hydrogens is 299 g/mol. The molecule has 2 aromatic rings. The molecule has 0 saturated carbocycles. The molecule has 0 atom stereocenters. The highest BCUT2D eigenvalue weighted by molar-refractivity contribution is 7.89. The number of rotatable bonds is 4. The molecule has 7 heteroatoms. The number of thiophene rings is 1. The number of hydrogen-bond acceptors (Lipinski definition) is 4. The lowest BCUT2D eigenvalue weighted by molar-refractivity contribution is 0.576. The fourth-order valence-electron chi connectivity index (χ4n) is 1.65. The number of aryl methyl sites for hydroxylation is 1. The highest BCUT2D eigenvalue weighted by Crippen LogP contribution is 2.21. The molecule has 1 heterocycles. The SMILES string of the molecule is Cc1cscc1CNS(=O)(=O)c1cc(N)c(C)c(F)c1. The van der Waals surface area contributed by atoms with Crippen LogP contribution >= 0.6 is 11.3 Å². The summed E-state index contributed by atoms with van der Waals surface area (Å²) in [5.74, 6) is -0.628. The van der Waals surface area contributed by atoms with Gasteiger partial charge in [0.05, 0.1) is 4.90 Å². The molecule has 0 saturated heterocycles. The van der Waals surface area contributed by atoms with Crippen LogP contribution in [-0.2, 0) is 16.6 Å². The van der Waals surface area contributed by atoms with E-state index in [4.69, 9.17) is 5.73 Å². The normalized spacial score (nSPS) is 11.8. The monoisotopic (exact) mass is 314 g/mol. The minimum absolute atomic E-state index is 0.122. The van der Waals surface area contributed by atoms with Crippen LogP contribution in [0.2, 0.25) is 0 Å². The van der Waals surface area contributed by atoms with Gasteiger partial charge in [0.2, 0.25) is 10.0 Å². The second-order valence-electron chi connectivity index (χ2n) is 4.52. The maximum Gasteiger partial charge on any atom is 0.241 e. The van der Waals surface area contributed by atoms with Gasteiger partial charge >= 0.3 is 0 Å². The molecule has 3 N–H and O–H groups in total. The molecule has 20 heavy (non-hydrogen) atoms. The van der Waals surface area contributed by atoms with Crippen molar-refractivity contribution in [3.8, 4) is 0 Å². The number of anilines is 1. The van der Waals surface area contributed by atoms with Crippen LogP contribution in [0.25, 0.3) is 0 Å². The van der Waals surface area contributed by atoms with Gasteiger partial charge in [0.15, 0.2) is 0 Å². The third-order valence-corrected chi connectivity index (χ3v) is 5.37. The second-order valence-corrected chi connectivity index (χ2v) is 7.03. The van der Waals surface area contributed by atoms with Gasteiger partial charge in [-0.1, -0.05) is 0 Å². The molecule has 0 aliphatic heterocycles. The molecule has 1 aromatic heterocycles. The molecule has 4 nitrogen and oxygen atoms in total. The van der Waals surface area contributed by atoms with Crippen molar-refractivity contribution >= 4 is 27.0 Å². The number of hydrogen-bond donors (Lipinski definition) is 2. The van der Waals surface area contributed by atoms with E-state index < -0.39 is 15.8 Å². The van der Waals surface area contributed by atoms with Crippen LogP contribution in [0.4, 0.5) is 10.1 Å². The van der Waals surface area contributed by atoms with Crippen LogP contribution in [0.15, 0.2) is 27.8 Å². The van der Waals surface area contributed by atoms with Crippen LogP contribution in [0, 0.1) is 19.7 Å². The van der Waals surface area contributed by atoms with Crippen molar-refractivity contribution in [3.05, 3.63) is 45.4 Å². The average Bonchev–Trinajstić information content (AvgIpc) is 2.78. The first-order valence-corrected chi connectivity index (χ1v) is 8.31. The second kappa shape index (κ2) is 5.51. The Kier molecular flexibility index (Phi) is 4.12. The van der Waals surface area contributed by atoms with E-state index in [1.165, 1.54) is 24.3 Å². The third-order valence-electron chi connectivity index (χ3n) is 3.08. The minimum Gasteiger partial charge on any atom is -0.398 e. The van der Waals surface area contributed by atoms with Gasteiger partial charge in [0.1, 0.15) is 5.82 Å². The molecule has 0 aliphatic rings. The lowest BCUT2D eigenvalue weighted by Gasteiger charge is -2.09. The van der Waals surface area contributed by atoms with E-state index in [-0.39, 0.29) is 22.7 Å². The van der Waals surface area contributed by atoms with Crippen molar-refractivity contribution < 1.29 is 12.8 Å². The number of nitrogens with two attached hydrogens (primary N) is 1. The van der Waals surface area contributed by atoms with Gasteiger partial charge in [-0.2, -0.15) is 11.3 Å². The zero-order chi connectivity index (χ0) is 14.9. The van der Waals surface area contributed by atoms with Crippen molar-refractivity contribution in [2.75, 3.05) is 5.73 Å². The summed E-state index contributed by atoms with van der Waals surface area (Å²) in [6.45, 7) is 3.58. The van der Waals surface area contributed by atoms with Crippen LogP contribution < -0.4 is 10.5 Å². The summed E-state index contributed by atoms with van der Waals surface area (Å²) in [5.41, 5.74) is 7.90. The highest BCUT2D eigenvalue weighted by atomic mass is 32.2. The Morgan fingerprint density at radius 2 is 2.00 bits per heavy atom. The van der Waals surface area contributed by atoms with E-state index >= 15 is 0 Å².